The molecule has 0 saturated carbocycles. The Kier molecular flexibility index (Phi) is 3.67. The van der Waals surface area contributed by atoms with E-state index in [0.717, 1.165) is 5.56 Å². The number of carboxylic acids is 1. The molecule has 1 atom stereocenters. The number of hydrogen-bond donors (Lipinski definition) is 1. The molecule has 2 aromatic rings. The second-order valence-electron chi connectivity index (χ2n) is 3.91. The zero-order valence-corrected chi connectivity index (χ0v) is 10.00. The molecule has 0 aliphatic rings. The predicted octanol–water partition coefficient (Wildman–Crippen LogP) is 2.89. The maximum absolute atomic E-state index is 11.0. The molecule has 0 aliphatic heterocycles. The quantitative estimate of drug-likeness (QED) is 0.881. The van der Waals surface area contributed by atoms with Crippen LogP contribution in [0.5, 0.6) is 5.75 Å². The molecule has 1 heterocycles. The fourth-order valence-corrected chi connectivity index (χ4v) is 1.98. The predicted molar refractivity (Wildman–Crippen MR) is 65.8 cm³/mol. The van der Waals surface area contributed by atoms with E-state index < -0.39 is 5.97 Å². The molecule has 1 N–H and O–H groups in total. The molecule has 1 unspecified atom stereocenters. The molecule has 4 nitrogen and oxygen atoms in total. The van der Waals surface area contributed by atoms with Gasteiger partial charge in [-0.3, -0.25) is 4.79 Å². The van der Waals surface area contributed by atoms with Crippen molar-refractivity contribution >= 4 is 5.97 Å². The zero-order chi connectivity index (χ0) is 13.0. The van der Waals surface area contributed by atoms with Gasteiger partial charge in [0.15, 0.2) is 0 Å². The molecule has 2 rings (SSSR count). The average Bonchev–Trinajstić information content (AvgIpc) is 2.89. The summed E-state index contributed by atoms with van der Waals surface area (Å²) in [7, 11) is 1.57. The van der Waals surface area contributed by atoms with Gasteiger partial charge in [0, 0.05) is 5.56 Å². The van der Waals surface area contributed by atoms with E-state index >= 15 is 0 Å². The Morgan fingerprint density at radius 2 is 2.11 bits per heavy atom. The highest BCUT2D eigenvalue weighted by atomic mass is 16.5. The van der Waals surface area contributed by atoms with E-state index in [0.29, 0.717) is 11.5 Å². The van der Waals surface area contributed by atoms with Crippen LogP contribution >= 0.6 is 0 Å². The summed E-state index contributed by atoms with van der Waals surface area (Å²) in [5.41, 5.74) is 0.817. The number of para-hydroxylation sites is 1. The molecule has 0 radical (unpaired) electrons. The van der Waals surface area contributed by atoms with Crippen LogP contribution in [-0.4, -0.2) is 18.2 Å². The van der Waals surface area contributed by atoms with Crippen molar-refractivity contribution < 1.29 is 19.1 Å². The second kappa shape index (κ2) is 5.40. The summed E-state index contributed by atoms with van der Waals surface area (Å²) in [4.78, 5) is 11.0. The van der Waals surface area contributed by atoms with E-state index in [4.69, 9.17) is 14.3 Å². The number of ether oxygens (including phenoxy) is 1. The normalized spacial score (nSPS) is 12.1. The van der Waals surface area contributed by atoms with Crippen LogP contribution < -0.4 is 4.74 Å². The summed E-state index contributed by atoms with van der Waals surface area (Å²) in [6.07, 6.45) is 1.51. The minimum absolute atomic E-state index is 0.0338. The van der Waals surface area contributed by atoms with Crippen LogP contribution in [-0.2, 0) is 4.79 Å². The van der Waals surface area contributed by atoms with Gasteiger partial charge in [0.05, 0.1) is 25.7 Å². The topological polar surface area (TPSA) is 59.7 Å². The van der Waals surface area contributed by atoms with Gasteiger partial charge in [0.1, 0.15) is 11.5 Å². The number of benzene rings is 1. The Morgan fingerprint density at radius 1 is 1.33 bits per heavy atom. The first-order valence-electron chi connectivity index (χ1n) is 5.60. The first-order valence-corrected chi connectivity index (χ1v) is 5.60. The molecule has 4 heteroatoms. The zero-order valence-electron chi connectivity index (χ0n) is 10.00. The highest BCUT2D eigenvalue weighted by molar-refractivity contribution is 5.69. The van der Waals surface area contributed by atoms with Crippen LogP contribution in [0.1, 0.15) is 23.7 Å². The summed E-state index contributed by atoms with van der Waals surface area (Å²) >= 11 is 0. The van der Waals surface area contributed by atoms with Crippen LogP contribution in [0.15, 0.2) is 47.1 Å². The lowest BCUT2D eigenvalue weighted by Gasteiger charge is -2.16. The number of furan rings is 1. The van der Waals surface area contributed by atoms with Crippen molar-refractivity contribution in [2.45, 2.75) is 12.3 Å². The van der Waals surface area contributed by atoms with Crippen LogP contribution in [0, 0.1) is 0 Å². The Morgan fingerprint density at radius 3 is 2.72 bits per heavy atom. The van der Waals surface area contributed by atoms with Gasteiger partial charge in [-0.25, -0.2) is 0 Å². The number of carboxylic acid groups (broad SMARTS) is 1. The number of rotatable bonds is 5. The fraction of sp³-hybridized carbons (Fsp3) is 0.214. The lowest BCUT2D eigenvalue weighted by atomic mass is 9.92. The first-order chi connectivity index (χ1) is 8.72. The molecule has 0 amide bonds. The highest BCUT2D eigenvalue weighted by Gasteiger charge is 2.23. The monoisotopic (exact) mass is 246 g/mol. The molecule has 0 saturated heterocycles. The molecule has 0 aliphatic carbocycles. The van der Waals surface area contributed by atoms with Gasteiger partial charge in [-0.1, -0.05) is 18.2 Å². The molecule has 1 aromatic carbocycles. The number of aliphatic carboxylic acids is 1. The molecular weight excluding hydrogens is 232 g/mol. The van der Waals surface area contributed by atoms with Crippen molar-refractivity contribution in [3.05, 3.63) is 54.0 Å². The summed E-state index contributed by atoms with van der Waals surface area (Å²) in [6, 6.07) is 10.9. The van der Waals surface area contributed by atoms with E-state index in [1.54, 1.807) is 25.5 Å². The standard InChI is InChI=1S/C14H14O4/c1-17-12-6-3-2-5-10(12)11(9-14(15)16)13-7-4-8-18-13/h2-8,11H,9H2,1H3,(H,15,16). The van der Waals surface area contributed by atoms with Gasteiger partial charge in [-0.15, -0.1) is 0 Å². The van der Waals surface area contributed by atoms with Gasteiger partial charge < -0.3 is 14.3 Å². The molecular formula is C14H14O4. The molecule has 0 spiro atoms. The highest BCUT2D eigenvalue weighted by Crippen LogP contribution is 2.34. The van der Waals surface area contributed by atoms with Gasteiger partial charge in [0.2, 0.25) is 0 Å². The summed E-state index contributed by atoms with van der Waals surface area (Å²) in [5, 5.41) is 9.03. The van der Waals surface area contributed by atoms with E-state index in [9.17, 15) is 4.79 Å². The Balaban J connectivity index is 2.43. The average molecular weight is 246 g/mol. The number of methoxy groups -OCH3 is 1. The van der Waals surface area contributed by atoms with Crippen molar-refractivity contribution in [3.8, 4) is 5.75 Å². The Bertz CT molecular complexity index is 516. The smallest absolute Gasteiger partial charge is 0.304 e. The Labute approximate surface area is 105 Å². The minimum atomic E-state index is -0.873. The summed E-state index contributed by atoms with van der Waals surface area (Å²) in [6.45, 7) is 0. The van der Waals surface area contributed by atoms with Crippen molar-refractivity contribution in [2.24, 2.45) is 0 Å². The molecule has 18 heavy (non-hydrogen) atoms. The first kappa shape index (κ1) is 12.2. The fourth-order valence-electron chi connectivity index (χ4n) is 1.98. The Hall–Kier alpha value is -2.23. The lowest BCUT2D eigenvalue weighted by Crippen LogP contribution is -2.08. The van der Waals surface area contributed by atoms with Crippen LogP contribution in [0.4, 0.5) is 0 Å². The largest absolute Gasteiger partial charge is 0.496 e. The third-order valence-electron chi connectivity index (χ3n) is 2.78. The molecule has 94 valence electrons. The maximum atomic E-state index is 11.0. The van der Waals surface area contributed by atoms with Gasteiger partial charge in [-0.05, 0) is 18.2 Å². The van der Waals surface area contributed by atoms with E-state index in [1.807, 2.05) is 24.3 Å². The van der Waals surface area contributed by atoms with Gasteiger partial charge >= 0.3 is 5.97 Å². The van der Waals surface area contributed by atoms with Crippen LogP contribution in [0.25, 0.3) is 0 Å². The number of carbonyl (C=O) groups is 1. The molecule has 1 aromatic heterocycles. The van der Waals surface area contributed by atoms with Gasteiger partial charge in [0.25, 0.3) is 0 Å². The van der Waals surface area contributed by atoms with E-state index in [1.165, 1.54) is 0 Å². The molecule has 0 fully saturated rings. The molecule has 0 bridgehead atoms. The van der Waals surface area contributed by atoms with Crippen molar-refractivity contribution in [1.29, 1.82) is 0 Å². The van der Waals surface area contributed by atoms with E-state index in [2.05, 4.69) is 0 Å². The van der Waals surface area contributed by atoms with Crippen molar-refractivity contribution in [1.82, 2.24) is 0 Å². The van der Waals surface area contributed by atoms with Crippen LogP contribution in [0.3, 0.4) is 0 Å². The van der Waals surface area contributed by atoms with Crippen molar-refractivity contribution in [3.63, 3.8) is 0 Å². The van der Waals surface area contributed by atoms with E-state index in [-0.39, 0.29) is 12.3 Å². The maximum Gasteiger partial charge on any atom is 0.304 e. The third-order valence-corrected chi connectivity index (χ3v) is 2.78. The third kappa shape index (κ3) is 2.53. The second-order valence-corrected chi connectivity index (χ2v) is 3.91. The summed E-state index contributed by atoms with van der Waals surface area (Å²) < 4.78 is 10.6. The summed E-state index contributed by atoms with van der Waals surface area (Å²) in [5.74, 6) is 0.0815. The number of hydrogen-bond acceptors (Lipinski definition) is 3. The van der Waals surface area contributed by atoms with Crippen LogP contribution in [0.2, 0.25) is 0 Å². The van der Waals surface area contributed by atoms with Gasteiger partial charge in [-0.2, -0.15) is 0 Å². The minimum Gasteiger partial charge on any atom is -0.496 e. The lowest BCUT2D eigenvalue weighted by molar-refractivity contribution is -0.137. The van der Waals surface area contributed by atoms with Crippen molar-refractivity contribution in [2.75, 3.05) is 7.11 Å². The SMILES string of the molecule is COc1ccccc1C(CC(=O)O)c1ccco1.